The molecule has 51 nitrogen and oxygen atoms in total. The van der Waals surface area contributed by atoms with Crippen molar-refractivity contribution in [2.75, 3.05) is 130 Å². The van der Waals surface area contributed by atoms with Crippen molar-refractivity contribution < 1.29 is 250 Å². The minimum absolute atomic E-state index is 0.749. The van der Waals surface area contributed by atoms with Gasteiger partial charge in [-0.05, 0) is 0 Å². The average Bonchev–Trinajstić information content (AvgIpc) is 0.766. The number of aliphatic hydroxyl groups excluding tert-OH is 23. The normalized spacial score (nSPS) is 50.6. The molecule has 0 unspecified atom stereocenters. The predicted octanol–water partition coefficient (Wildman–Crippen LogP) is -16.9. The van der Waals surface area contributed by atoms with Crippen LogP contribution in [0.3, 0.4) is 0 Å². The molecule has 10 heterocycles. The zero-order chi connectivity index (χ0) is 87.7. The van der Waals surface area contributed by atoms with Crippen LogP contribution in [0.1, 0.15) is 0 Å². The second-order valence-electron chi connectivity index (χ2n) is 29.9. The fourth-order valence-corrected chi connectivity index (χ4v) is 16.8. The molecule has 0 amide bonds. The van der Waals surface area contributed by atoms with Crippen LogP contribution in [0.2, 0.25) is 0 Å². The van der Waals surface area contributed by atoms with Gasteiger partial charge in [0.1, 0.15) is 244 Å². The second-order valence-corrected chi connectivity index (χ2v) is 29.9. The second kappa shape index (κ2) is 45.5. The smallest absolute Gasteiger partial charge is 0.187 e. The van der Waals surface area contributed by atoms with Gasteiger partial charge in [-0.15, -0.1) is 0 Å². The van der Waals surface area contributed by atoms with Crippen molar-refractivity contribution in [2.24, 2.45) is 0 Å². The summed E-state index contributed by atoms with van der Waals surface area (Å²) >= 11 is 0. The molecule has 0 spiro atoms. The molecule has 0 aliphatic carbocycles. The largest absolute Gasteiger partial charge is 0.394 e. The van der Waals surface area contributed by atoms with Crippen molar-refractivity contribution in [3.63, 3.8) is 0 Å². The maximum absolute atomic E-state index is 12.0. The van der Waals surface area contributed by atoms with Gasteiger partial charge in [-0.3, -0.25) is 0 Å². The topological polar surface area (TPSA) is 724 Å². The van der Waals surface area contributed by atoms with Crippen LogP contribution >= 0.6 is 0 Å². The van der Waals surface area contributed by atoms with E-state index in [1.54, 1.807) is 0 Å². The highest BCUT2D eigenvalue weighted by Gasteiger charge is 2.63. The highest BCUT2D eigenvalue weighted by Crippen LogP contribution is 2.43. The first-order valence-electron chi connectivity index (χ1n) is 38.7. The van der Waals surface area contributed by atoms with Crippen LogP contribution in [0.5, 0.6) is 0 Å². The third-order valence-electron chi connectivity index (χ3n) is 23.1. The van der Waals surface area contributed by atoms with Crippen LogP contribution in [-0.4, -0.2) is 555 Å². The van der Waals surface area contributed by atoms with Gasteiger partial charge in [0.05, 0.1) is 66.1 Å². The molecule has 10 saturated heterocycles. The van der Waals surface area contributed by atoms with Crippen molar-refractivity contribution in [3.05, 3.63) is 0 Å². The lowest BCUT2D eigenvalue weighted by molar-refractivity contribution is -0.403. The molecule has 51 heteroatoms. The van der Waals surface area contributed by atoms with Crippen molar-refractivity contribution in [2.45, 2.75) is 307 Å². The van der Waals surface area contributed by atoms with E-state index in [2.05, 4.69) is 0 Å². The summed E-state index contributed by atoms with van der Waals surface area (Å²) in [5.41, 5.74) is 0. The zero-order valence-corrected chi connectivity index (χ0v) is 66.7. The van der Waals surface area contributed by atoms with E-state index in [9.17, 15) is 117 Å². The minimum Gasteiger partial charge on any atom is -0.394 e. The molecule has 50 atom stereocenters. The SMILES string of the molecule is CO[C@@H]1[C@H](O)[C@@H](O[C@H]2[C@H](OC)[C@H](O)[C@@H](O[C@H]3[C@H](OC)[C@H](O)[C@@H](O[C@H]4[C@H](OC)[C@H](O)[C@@H](O[C@H]5[C@H](OC)[C@H](O)[C@@H](O[C@H]6[C@H](OC)[C@H](O)[C@@H](O[C@H]7[C@H](OC)[C@H](O)[C@@H](O[C@H]8[C@H](OC)[C@H](O)[C@@H](O[C@H]9[C@H](OC)[C@H](O)[C@@H](O)O[C@@H]9CO)O[C@@H]8CO)O[C@@H]7CO)O[C@@H]6CO)O[C@@H]5CO)O[C@@H]4CO)O[C@@H]3CO)O[C@@H]2CO)O[C@H](CO)[C@H]1O[C@H]1O[C@H](CO)[C@@H](O)[C@H](O)[C@@H]1O. The van der Waals surface area contributed by atoms with E-state index < -0.39 is 373 Å². The highest BCUT2D eigenvalue weighted by molar-refractivity contribution is 5.05. The van der Waals surface area contributed by atoms with Crippen LogP contribution in [-0.2, 0) is 133 Å². The Morgan fingerprint density at radius 3 is 0.433 bits per heavy atom. The maximum Gasteiger partial charge on any atom is 0.187 e. The summed E-state index contributed by atoms with van der Waals surface area (Å²) < 4.78 is 165. The molecule has 23 N–H and O–H groups in total. The monoisotopic (exact) mass is 1760 g/mol. The van der Waals surface area contributed by atoms with Crippen LogP contribution in [0.15, 0.2) is 0 Å². The quantitative estimate of drug-likeness (QED) is 0.0275. The molecular weight excluding hydrogens is 1640 g/mol. The summed E-state index contributed by atoms with van der Waals surface area (Å²) in [7, 11) is 10.3. The molecular formula is C69H120O51. The Bertz CT molecular complexity index is 2940. The molecule has 0 aromatic carbocycles. The predicted molar refractivity (Wildman–Crippen MR) is 373 cm³/mol. The van der Waals surface area contributed by atoms with Crippen LogP contribution in [0.25, 0.3) is 0 Å². The van der Waals surface area contributed by atoms with Gasteiger partial charge in [0.2, 0.25) is 0 Å². The van der Waals surface area contributed by atoms with Gasteiger partial charge in [0, 0.05) is 64.0 Å². The number of hydrogen-bond donors (Lipinski definition) is 23. The molecule has 0 radical (unpaired) electrons. The van der Waals surface area contributed by atoms with Gasteiger partial charge in [-0.25, -0.2) is 0 Å². The van der Waals surface area contributed by atoms with Crippen LogP contribution in [0, 0.1) is 0 Å². The first kappa shape index (κ1) is 100. The maximum atomic E-state index is 12.0. The molecule has 0 aromatic heterocycles. The molecule has 120 heavy (non-hydrogen) atoms. The Kier molecular flexibility index (Phi) is 37.9. The molecule has 0 bridgehead atoms. The third-order valence-corrected chi connectivity index (χ3v) is 23.1. The molecule has 0 aromatic rings. The van der Waals surface area contributed by atoms with E-state index in [-0.39, 0.29) is 0 Å². The summed E-state index contributed by atoms with van der Waals surface area (Å²) in [6.07, 6.45) is -83.5. The van der Waals surface area contributed by atoms with Gasteiger partial charge < -0.3 is 250 Å². The number of aliphatic hydroxyl groups is 23. The molecule has 10 aliphatic heterocycles. The molecule has 0 saturated carbocycles. The highest BCUT2D eigenvalue weighted by atomic mass is 16.8. The van der Waals surface area contributed by atoms with Crippen molar-refractivity contribution in [1.82, 2.24) is 0 Å². The fraction of sp³-hybridized carbons (Fsp3) is 1.00. The standard InChI is InChI=1S/C69H120O51/c1-93-51-33(83)60(92)102-21(11-71)42(51)113-62-35(85)53(95-3)44(23(13-73)105-62)115-64-37(87)55(97-5)46(25(15-75)107-64)117-66-39(89)57(99-7)48(27(17-77)109-66)119-68-41(91)59(101-9)50(29(19-79)111-68)120-69-40(90)58(100-8)49(28(18-78)110-69)118-67-38(88)56(98-6)47(26(16-76)108-67)116-65-36(86)54(96-4)45(24(14-74)106-65)114-63-34(84)52(94-2)43(22(12-72)104-63)112-61-32(82)31(81)30(80)20(10-70)103-61/h20-92H,10-19H2,1-9H3/t20-,21-,22-,23-,24-,25-,26-,27-,28-,29-,30-,31+,32+,33+,34+,35+,36+,37+,38+,39+,40+,41+,42-,43-,44-,45-,46-,47-,48-,49-,50-,51-,52-,53-,54-,55-,56-,57-,58-,59-,60+,61-,62-,63-,64-,65-,66-,67-,68-,69-/m1/s1. The molecule has 702 valence electrons. The van der Waals surface area contributed by atoms with E-state index in [1.165, 1.54) is 7.11 Å². The Labute approximate surface area is 685 Å². The van der Waals surface area contributed by atoms with Gasteiger partial charge in [0.25, 0.3) is 0 Å². The van der Waals surface area contributed by atoms with E-state index in [0.29, 0.717) is 0 Å². The van der Waals surface area contributed by atoms with E-state index >= 15 is 0 Å². The summed E-state index contributed by atoms with van der Waals surface area (Å²) in [4.78, 5) is 0. The van der Waals surface area contributed by atoms with Gasteiger partial charge in [0.15, 0.2) is 62.9 Å². The zero-order valence-electron chi connectivity index (χ0n) is 66.7. The van der Waals surface area contributed by atoms with E-state index in [1.807, 2.05) is 0 Å². The Hall–Kier alpha value is -2.04. The van der Waals surface area contributed by atoms with Gasteiger partial charge >= 0.3 is 0 Å². The average molecular weight is 1770 g/mol. The van der Waals surface area contributed by atoms with Crippen molar-refractivity contribution >= 4 is 0 Å². The summed E-state index contributed by atoms with van der Waals surface area (Å²) in [6, 6.07) is 0. The minimum atomic E-state index is -1.95. The fourth-order valence-electron chi connectivity index (χ4n) is 16.8. The van der Waals surface area contributed by atoms with Gasteiger partial charge in [-0.2, -0.15) is 0 Å². The Balaban J connectivity index is 0.750. The van der Waals surface area contributed by atoms with Crippen LogP contribution < -0.4 is 0 Å². The lowest BCUT2D eigenvalue weighted by Gasteiger charge is -2.51. The summed E-state index contributed by atoms with van der Waals surface area (Å²) in [5, 5.41) is 253. The van der Waals surface area contributed by atoms with Crippen molar-refractivity contribution in [1.29, 1.82) is 0 Å². The summed E-state index contributed by atoms with van der Waals surface area (Å²) in [6.45, 7) is -8.85. The number of hydrogen-bond acceptors (Lipinski definition) is 51. The molecule has 10 fully saturated rings. The number of methoxy groups -OCH3 is 9. The lowest BCUT2D eigenvalue weighted by atomic mass is 9.94. The Morgan fingerprint density at radius 1 is 0.150 bits per heavy atom. The Morgan fingerprint density at radius 2 is 0.283 bits per heavy atom. The number of ether oxygens (including phenoxy) is 28. The summed E-state index contributed by atoms with van der Waals surface area (Å²) in [5.74, 6) is 0. The van der Waals surface area contributed by atoms with Crippen LogP contribution in [0.4, 0.5) is 0 Å². The van der Waals surface area contributed by atoms with Crippen molar-refractivity contribution in [3.8, 4) is 0 Å². The first-order valence-corrected chi connectivity index (χ1v) is 38.7. The molecule has 10 rings (SSSR count). The lowest BCUT2D eigenvalue weighted by Crippen LogP contribution is -2.69. The molecule has 10 aliphatic rings. The van der Waals surface area contributed by atoms with E-state index in [0.717, 1.165) is 56.9 Å². The third kappa shape index (κ3) is 20.7. The number of rotatable bonds is 37. The van der Waals surface area contributed by atoms with E-state index in [4.69, 9.17) is 133 Å². The van der Waals surface area contributed by atoms with Gasteiger partial charge in [-0.1, -0.05) is 0 Å². The first-order chi connectivity index (χ1) is 57.5.